The second-order valence-corrected chi connectivity index (χ2v) is 6.73. The molecule has 138 valence electrons. The lowest BCUT2D eigenvalue weighted by Crippen LogP contribution is -2.49. The van der Waals surface area contributed by atoms with E-state index < -0.39 is 0 Å². The highest BCUT2D eigenvalue weighted by Gasteiger charge is 2.24. The second-order valence-electron chi connectivity index (χ2n) is 6.73. The zero-order valence-corrected chi connectivity index (χ0v) is 15.5. The summed E-state index contributed by atoms with van der Waals surface area (Å²) < 4.78 is 1.75. The Bertz CT molecular complexity index is 958. The minimum atomic E-state index is 0.100. The maximum atomic E-state index is 12.8. The molecule has 3 heterocycles. The van der Waals surface area contributed by atoms with Crippen LogP contribution in [-0.4, -0.2) is 56.7 Å². The Morgan fingerprint density at radius 1 is 0.963 bits per heavy atom. The molecule has 1 aliphatic heterocycles. The maximum Gasteiger partial charge on any atom is 0.254 e. The minimum absolute atomic E-state index is 0.100. The average molecular weight is 362 g/mol. The third kappa shape index (κ3) is 3.53. The predicted octanol–water partition coefficient (Wildman–Crippen LogP) is 2.24. The maximum absolute atomic E-state index is 12.8. The normalized spacial score (nSPS) is 14.4. The summed E-state index contributed by atoms with van der Waals surface area (Å²) in [5, 5.41) is 4.40. The topological polar surface area (TPSA) is 67.2 Å². The van der Waals surface area contributed by atoms with E-state index in [1.54, 1.807) is 11.0 Å². The number of hydrogen-bond donors (Lipinski definition) is 0. The average Bonchev–Trinajstić information content (AvgIpc) is 3.14. The van der Waals surface area contributed by atoms with Crippen molar-refractivity contribution in [2.24, 2.45) is 0 Å². The van der Waals surface area contributed by atoms with E-state index in [0.29, 0.717) is 13.1 Å². The van der Waals surface area contributed by atoms with Crippen LogP contribution in [0, 0.1) is 13.8 Å². The number of aryl methyl sites for hydroxylation is 2. The molecule has 1 fully saturated rings. The van der Waals surface area contributed by atoms with Gasteiger partial charge in [-0.2, -0.15) is 5.10 Å². The van der Waals surface area contributed by atoms with Crippen LogP contribution in [0.5, 0.6) is 0 Å². The van der Waals surface area contributed by atoms with Crippen LogP contribution >= 0.6 is 0 Å². The van der Waals surface area contributed by atoms with E-state index in [1.165, 1.54) is 0 Å². The van der Waals surface area contributed by atoms with Crippen molar-refractivity contribution in [3.05, 3.63) is 65.7 Å². The molecule has 27 heavy (non-hydrogen) atoms. The Morgan fingerprint density at radius 3 is 2.41 bits per heavy atom. The highest BCUT2D eigenvalue weighted by atomic mass is 16.2. The SMILES string of the molecule is Cc1ccn(-c2cc(N3CCN(C(=O)c4ccccc4C)CC3)ncn2)n1. The lowest BCUT2D eigenvalue weighted by atomic mass is 10.1. The molecule has 0 N–H and O–H groups in total. The van der Waals surface area contributed by atoms with Crippen molar-refractivity contribution in [2.75, 3.05) is 31.1 Å². The van der Waals surface area contributed by atoms with Gasteiger partial charge in [-0.3, -0.25) is 4.79 Å². The van der Waals surface area contributed by atoms with Crippen LogP contribution in [0.2, 0.25) is 0 Å². The van der Waals surface area contributed by atoms with Gasteiger partial charge < -0.3 is 9.80 Å². The van der Waals surface area contributed by atoms with Crippen molar-refractivity contribution < 1.29 is 4.79 Å². The van der Waals surface area contributed by atoms with Gasteiger partial charge >= 0.3 is 0 Å². The number of hydrogen-bond acceptors (Lipinski definition) is 5. The molecule has 2 aromatic heterocycles. The van der Waals surface area contributed by atoms with Crippen LogP contribution in [-0.2, 0) is 0 Å². The number of piperazine rings is 1. The van der Waals surface area contributed by atoms with Crippen LogP contribution in [0.25, 0.3) is 5.82 Å². The van der Waals surface area contributed by atoms with E-state index in [2.05, 4.69) is 20.0 Å². The quantitative estimate of drug-likeness (QED) is 0.715. The van der Waals surface area contributed by atoms with Crippen molar-refractivity contribution in [3.8, 4) is 5.82 Å². The van der Waals surface area contributed by atoms with Gasteiger partial charge in [-0.15, -0.1) is 0 Å². The monoisotopic (exact) mass is 362 g/mol. The molecule has 0 spiro atoms. The molecule has 0 unspecified atom stereocenters. The number of nitrogens with zero attached hydrogens (tertiary/aromatic N) is 6. The van der Waals surface area contributed by atoms with Crippen LogP contribution in [0.15, 0.2) is 48.9 Å². The molecule has 1 saturated heterocycles. The number of carbonyl (C=O) groups is 1. The number of carbonyl (C=O) groups excluding carboxylic acids is 1. The lowest BCUT2D eigenvalue weighted by Gasteiger charge is -2.35. The molecule has 7 heteroatoms. The molecule has 7 nitrogen and oxygen atoms in total. The molecular formula is C20H22N6O. The molecule has 3 aromatic rings. The number of amides is 1. The van der Waals surface area contributed by atoms with Gasteiger partial charge in [0.05, 0.1) is 5.69 Å². The van der Waals surface area contributed by atoms with Crippen LogP contribution < -0.4 is 4.90 Å². The summed E-state index contributed by atoms with van der Waals surface area (Å²) in [5.41, 5.74) is 2.74. The first-order valence-corrected chi connectivity index (χ1v) is 9.06. The highest BCUT2D eigenvalue weighted by molar-refractivity contribution is 5.95. The van der Waals surface area contributed by atoms with Crippen LogP contribution in [0.4, 0.5) is 5.82 Å². The summed E-state index contributed by atoms with van der Waals surface area (Å²) in [6.07, 6.45) is 3.45. The smallest absolute Gasteiger partial charge is 0.254 e. The predicted molar refractivity (Wildman–Crippen MR) is 103 cm³/mol. The first kappa shape index (κ1) is 17.2. The van der Waals surface area contributed by atoms with E-state index in [-0.39, 0.29) is 5.91 Å². The molecule has 1 aliphatic rings. The summed E-state index contributed by atoms with van der Waals surface area (Å²) in [7, 11) is 0. The van der Waals surface area contributed by atoms with E-state index in [1.807, 2.05) is 61.3 Å². The fourth-order valence-corrected chi connectivity index (χ4v) is 3.30. The minimum Gasteiger partial charge on any atom is -0.353 e. The molecule has 0 atom stereocenters. The first-order valence-electron chi connectivity index (χ1n) is 9.06. The number of aromatic nitrogens is 4. The summed E-state index contributed by atoms with van der Waals surface area (Å²) in [6, 6.07) is 11.6. The fraction of sp³-hybridized carbons (Fsp3) is 0.300. The van der Waals surface area contributed by atoms with Gasteiger partial charge in [-0.05, 0) is 31.5 Å². The summed E-state index contributed by atoms with van der Waals surface area (Å²) in [5.74, 6) is 1.70. The van der Waals surface area contributed by atoms with Gasteiger partial charge in [0.15, 0.2) is 5.82 Å². The summed E-state index contributed by atoms with van der Waals surface area (Å²) in [4.78, 5) is 25.6. The fourth-order valence-electron chi connectivity index (χ4n) is 3.30. The van der Waals surface area contributed by atoms with E-state index in [4.69, 9.17) is 0 Å². The molecule has 0 radical (unpaired) electrons. The number of anilines is 1. The van der Waals surface area contributed by atoms with Gasteiger partial charge in [-0.1, -0.05) is 18.2 Å². The molecule has 1 amide bonds. The third-order valence-electron chi connectivity index (χ3n) is 4.86. The van der Waals surface area contributed by atoms with E-state index in [9.17, 15) is 4.79 Å². The lowest BCUT2D eigenvalue weighted by molar-refractivity contribution is 0.0746. The Hall–Kier alpha value is -3.22. The zero-order chi connectivity index (χ0) is 18.8. The molecule has 4 rings (SSSR count). The first-order chi connectivity index (χ1) is 13.1. The second kappa shape index (κ2) is 7.19. The highest BCUT2D eigenvalue weighted by Crippen LogP contribution is 2.18. The van der Waals surface area contributed by atoms with Crippen molar-refractivity contribution in [1.29, 1.82) is 0 Å². The molecule has 0 aliphatic carbocycles. The van der Waals surface area contributed by atoms with Crippen molar-refractivity contribution in [1.82, 2.24) is 24.6 Å². The molecule has 1 aromatic carbocycles. The van der Waals surface area contributed by atoms with E-state index in [0.717, 1.165) is 41.5 Å². The molecule has 0 bridgehead atoms. The largest absolute Gasteiger partial charge is 0.353 e. The van der Waals surface area contributed by atoms with Gasteiger partial charge in [0.1, 0.15) is 12.1 Å². The Kier molecular flexibility index (Phi) is 4.58. The summed E-state index contributed by atoms with van der Waals surface area (Å²) >= 11 is 0. The van der Waals surface area contributed by atoms with Gasteiger partial charge in [-0.25, -0.2) is 14.6 Å². The van der Waals surface area contributed by atoms with Crippen molar-refractivity contribution in [2.45, 2.75) is 13.8 Å². The summed E-state index contributed by atoms with van der Waals surface area (Å²) in [6.45, 7) is 6.76. The van der Waals surface area contributed by atoms with Crippen LogP contribution in [0.3, 0.4) is 0 Å². The van der Waals surface area contributed by atoms with E-state index >= 15 is 0 Å². The van der Waals surface area contributed by atoms with Crippen LogP contribution in [0.1, 0.15) is 21.6 Å². The Balaban J connectivity index is 1.45. The van der Waals surface area contributed by atoms with Gasteiger partial charge in [0, 0.05) is 44.0 Å². The standard InChI is InChI=1S/C20H22N6O/c1-15-5-3-4-6-17(15)20(27)25-11-9-24(10-12-25)18-13-19(22-14-21-18)26-8-7-16(2)23-26/h3-8,13-14H,9-12H2,1-2H3. The van der Waals surface area contributed by atoms with Gasteiger partial charge in [0.25, 0.3) is 5.91 Å². The number of benzene rings is 1. The van der Waals surface area contributed by atoms with Gasteiger partial charge in [0.2, 0.25) is 0 Å². The molecular weight excluding hydrogens is 340 g/mol. The Morgan fingerprint density at radius 2 is 1.70 bits per heavy atom. The van der Waals surface area contributed by atoms with Crippen molar-refractivity contribution in [3.63, 3.8) is 0 Å². The Labute approximate surface area is 158 Å². The number of rotatable bonds is 3. The van der Waals surface area contributed by atoms with Crippen molar-refractivity contribution >= 4 is 11.7 Å². The zero-order valence-electron chi connectivity index (χ0n) is 15.5. The molecule has 0 saturated carbocycles. The third-order valence-corrected chi connectivity index (χ3v) is 4.86.